The molecule has 0 bridgehead atoms. The lowest BCUT2D eigenvalue weighted by Gasteiger charge is -2.56. The molecule has 3 atom stereocenters. The van der Waals surface area contributed by atoms with Gasteiger partial charge in [-0.25, -0.2) is 9.59 Å². The second-order valence-electron chi connectivity index (χ2n) is 10.5. The standard InChI is InChI=1S/C28H28N8O10S3/c1-3-34-8-9-35(22(41)21(34)40)26(45)31-18(15-4-6-17(7-5-15)46-14(2)38)20(39)32-28(29-12-37)24(44)36-19(23(42)43)16(10-47-25(28)36)11-48-27-33-30-13-49-27/h4-7,12-13,18,25H,3,8-11H2,1-2H3,(H,29,37)(H,31,45)(H,32,39)(H,42,43)/t18?,25-,28+/m0/s1. The molecule has 1 aromatic carbocycles. The van der Waals surface area contributed by atoms with Crippen LogP contribution in [0.5, 0.6) is 5.75 Å². The van der Waals surface area contributed by atoms with Crippen molar-refractivity contribution in [1.29, 1.82) is 0 Å². The van der Waals surface area contributed by atoms with Crippen LogP contribution >= 0.6 is 34.9 Å². The number of carbonyl (C=O) groups excluding carboxylic acids is 7. The Morgan fingerprint density at radius 1 is 1.16 bits per heavy atom. The molecule has 7 amide bonds. The fourth-order valence-corrected chi connectivity index (χ4v) is 8.37. The minimum atomic E-state index is -2.12. The molecule has 1 aromatic heterocycles. The summed E-state index contributed by atoms with van der Waals surface area (Å²) in [6.45, 7) is 3.02. The molecule has 5 rings (SSSR count). The Morgan fingerprint density at radius 3 is 2.51 bits per heavy atom. The molecule has 0 spiro atoms. The van der Waals surface area contributed by atoms with Gasteiger partial charge in [0.15, 0.2) is 4.34 Å². The average Bonchev–Trinajstić information content (AvgIpc) is 3.60. The zero-order chi connectivity index (χ0) is 35.5. The van der Waals surface area contributed by atoms with Gasteiger partial charge in [0, 0.05) is 38.1 Å². The number of rotatable bonds is 12. The van der Waals surface area contributed by atoms with E-state index in [4.69, 9.17) is 4.74 Å². The zero-order valence-electron chi connectivity index (χ0n) is 25.7. The van der Waals surface area contributed by atoms with Gasteiger partial charge in [-0.05, 0) is 30.2 Å². The number of carboxylic acids is 1. The number of nitrogens with zero attached hydrogens (tertiary/aromatic N) is 5. The summed E-state index contributed by atoms with van der Waals surface area (Å²) in [4.78, 5) is 105. The Labute approximate surface area is 290 Å². The van der Waals surface area contributed by atoms with Gasteiger partial charge in [-0.15, -0.1) is 22.0 Å². The molecule has 258 valence electrons. The van der Waals surface area contributed by atoms with E-state index in [1.54, 1.807) is 6.92 Å². The fraction of sp³-hybridized carbons (Fsp3) is 0.357. The van der Waals surface area contributed by atoms with Crippen LogP contribution < -0.4 is 20.7 Å². The summed E-state index contributed by atoms with van der Waals surface area (Å²) in [5.74, 6) is -5.56. The lowest BCUT2D eigenvalue weighted by molar-refractivity contribution is -0.163. The van der Waals surface area contributed by atoms with E-state index in [2.05, 4.69) is 26.1 Å². The minimum absolute atomic E-state index is 0.0681. The molecule has 21 heteroatoms. The van der Waals surface area contributed by atoms with E-state index in [-0.39, 0.29) is 54.6 Å². The van der Waals surface area contributed by atoms with Crippen LogP contribution in [0.4, 0.5) is 4.79 Å². The topological polar surface area (TPSA) is 238 Å². The first-order chi connectivity index (χ1) is 23.4. The van der Waals surface area contributed by atoms with Gasteiger partial charge in [-0.1, -0.05) is 35.2 Å². The predicted octanol–water partition coefficient (Wildman–Crippen LogP) is -0.491. The summed E-state index contributed by atoms with van der Waals surface area (Å²) >= 11 is 3.60. The third-order valence-corrected chi connectivity index (χ3v) is 11.0. The lowest BCUT2D eigenvalue weighted by atomic mass is 9.94. The third-order valence-electron chi connectivity index (χ3n) is 7.61. The van der Waals surface area contributed by atoms with E-state index in [1.807, 2.05) is 0 Å². The number of fused-ring (bicyclic) bond motifs is 1. The Bertz CT molecular complexity index is 1740. The van der Waals surface area contributed by atoms with Crippen LogP contribution in [0.1, 0.15) is 25.5 Å². The van der Waals surface area contributed by atoms with Crippen molar-refractivity contribution in [1.82, 2.24) is 40.8 Å². The van der Waals surface area contributed by atoms with Crippen LogP contribution in [0.2, 0.25) is 0 Å². The van der Waals surface area contributed by atoms with Crippen molar-refractivity contribution in [3.8, 4) is 5.75 Å². The van der Waals surface area contributed by atoms with Crippen LogP contribution in [0.3, 0.4) is 0 Å². The highest BCUT2D eigenvalue weighted by molar-refractivity contribution is 8.01. The van der Waals surface area contributed by atoms with Gasteiger partial charge in [0.25, 0.3) is 5.91 Å². The van der Waals surface area contributed by atoms with Crippen molar-refractivity contribution >= 4 is 82.9 Å². The van der Waals surface area contributed by atoms with Gasteiger partial charge in [0.1, 0.15) is 28.4 Å². The van der Waals surface area contributed by atoms with E-state index in [1.165, 1.54) is 64.7 Å². The quantitative estimate of drug-likeness (QED) is 0.0410. The van der Waals surface area contributed by atoms with Crippen molar-refractivity contribution in [2.45, 2.75) is 35.3 Å². The highest BCUT2D eigenvalue weighted by atomic mass is 32.2. The molecule has 3 aliphatic rings. The number of urea groups is 1. The molecule has 2 aromatic rings. The summed E-state index contributed by atoms with van der Waals surface area (Å²) in [5, 5.41) is 23.9. The average molecular weight is 733 g/mol. The molecule has 3 aliphatic heterocycles. The summed E-state index contributed by atoms with van der Waals surface area (Å²) in [5.41, 5.74) is -0.385. The van der Waals surface area contributed by atoms with Gasteiger partial charge in [0.2, 0.25) is 18.0 Å². The van der Waals surface area contributed by atoms with E-state index in [0.29, 0.717) is 14.8 Å². The maximum atomic E-state index is 14.0. The van der Waals surface area contributed by atoms with E-state index in [0.717, 1.165) is 16.7 Å². The molecule has 0 radical (unpaired) electrons. The molecule has 4 N–H and O–H groups in total. The summed E-state index contributed by atoms with van der Waals surface area (Å²) in [6.07, 6.45) is 0.181. The van der Waals surface area contributed by atoms with Crippen LogP contribution in [0.15, 0.2) is 45.4 Å². The van der Waals surface area contributed by atoms with Gasteiger partial charge in [0.05, 0.1) is 0 Å². The van der Waals surface area contributed by atoms with E-state index < -0.39 is 58.7 Å². The minimum Gasteiger partial charge on any atom is -0.477 e. The number of piperazine rings is 1. The summed E-state index contributed by atoms with van der Waals surface area (Å²) in [6, 6.07) is 2.67. The summed E-state index contributed by atoms with van der Waals surface area (Å²) < 4.78 is 5.63. The van der Waals surface area contributed by atoms with Gasteiger partial charge < -0.3 is 30.7 Å². The van der Waals surface area contributed by atoms with Crippen molar-refractivity contribution < 1.29 is 48.2 Å². The number of aromatic nitrogens is 2. The number of esters is 1. The van der Waals surface area contributed by atoms with E-state index >= 15 is 0 Å². The SMILES string of the molecule is CCN1CCN(C(=O)NC(C(=O)N[C@]2(NC=O)C(=O)N3C(C(=O)O)=C(CSc4nncs4)CS[C@H]32)c2ccc(OC(C)=O)cc2)C(=O)C1=O. The molecular formula is C28H28N8O10S3. The molecule has 0 saturated carbocycles. The number of likely N-dealkylation sites (N-methyl/N-ethyl adjacent to an activating group) is 1. The predicted molar refractivity (Wildman–Crippen MR) is 171 cm³/mol. The number of β-lactam (4-membered cyclic amide) rings is 1. The maximum absolute atomic E-state index is 14.0. The first kappa shape index (κ1) is 35.3. The van der Waals surface area contributed by atoms with Crippen molar-refractivity contribution in [2.24, 2.45) is 0 Å². The normalized spacial score (nSPS) is 21.0. The Balaban J connectivity index is 1.42. The number of hydrogen-bond donors (Lipinski definition) is 4. The van der Waals surface area contributed by atoms with Gasteiger partial charge >= 0.3 is 29.8 Å². The number of hydrogen-bond acceptors (Lipinski definition) is 14. The van der Waals surface area contributed by atoms with Crippen molar-refractivity contribution in [2.75, 3.05) is 31.1 Å². The molecule has 18 nitrogen and oxygen atoms in total. The largest absolute Gasteiger partial charge is 0.477 e. The van der Waals surface area contributed by atoms with Crippen LogP contribution in [0, 0.1) is 0 Å². The fourth-order valence-electron chi connectivity index (χ4n) is 5.31. The monoisotopic (exact) mass is 732 g/mol. The highest BCUT2D eigenvalue weighted by Gasteiger charge is 2.66. The van der Waals surface area contributed by atoms with Crippen LogP contribution in [-0.4, -0.2) is 120 Å². The van der Waals surface area contributed by atoms with Crippen LogP contribution in [-0.2, 0) is 33.6 Å². The van der Waals surface area contributed by atoms with Gasteiger partial charge in [-0.3, -0.25) is 38.6 Å². The number of benzene rings is 1. The van der Waals surface area contributed by atoms with E-state index in [9.17, 15) is 43.5 Å². The molecule has 1 unspecified atom stereocenters. The number of imide groups is 1. The maximum Gasteiger partial charge on any atom is 0.352 e. The number of carbonyl (C=O) groups is 8. The number of thioether (sulfide) groups is 2. The molecule has 2 saturated heterocycles. The number of nitrogens with one attached hydrogen (secondary N) is 3. The van der Waals surface area contributed by atoms with Crippen molar-refractivity contribution in [3.63, 3.8) is 0 Å². The van der Waals surface area contributed by atoms with Crippen LogP contribution in [0.25, 0.3) is 0 Å². The zero-order valence-corrected chi connectivity index (χ0v) is 28.2. The number of amides is 7. The first-order valence-corrected chi connectivity index (χ1v) is 17.4. The molecular weight excluding hydrogens is 705 g/mol. The number of aliphatic carboxylic acids is 1. The number of carboxylic acid groups (broad SMARTS) is 1. The third kappa shape index (κ3) is 6.94. The Hall–Kier alpha value is -5.02. The second-order valence-corrected chi connectivity index (χ2v) is 13.7. The second kappa shape index (κ2) is 14.6. The smallest absolute Gasteiger partial charge is 0.352 e. The highest BCUT2D eigenvalue weighted by Crippen LogP contribution is 2.46. The molecule has 0 aliphatic carbocycles. The summed E-state index contributed by atoms with van der Waals surface area (Å²) in [7, 11) is 0. The number of ether oxygens (including phenoxy) is 1. The first-order valence-electron chi connectivity index (χ1n) is 14.4. The lowest BCUT2D eigenvalue weighted by Crippen LogP contribution is -2.85. The Morgan fingerprint density at radius 2 is 1.90 bits per heavy atom. The molecule has 4 heterocycles. The molecule has 2 fully saturated rings. The molecule has 49 heavy (non-hydrogen) atoms. The van der Waals surface area contributed by atoms with Crippen molar-refractivity contribution in [3.05, 3.63) is 46.6 Å². The Kier molecular flexibility index (Phi) is 10.5. The van der Waals surface area contributed by atoms with Gasteiger partial charge in [-0.2, -0.15) is 0 Å².